The highest BCUT2D eigenvalue weighted by atomic mass is 16.6. The van der Waals surface area contributed by atoms with Gasteiger partial charge in [0, 0.05) is 6.42 Å². The summed E-state index contributed by atoms with van der Waals surface area (Å²) in [6.45, 7) is 0.374. The van der Waals surface area contributed by atoms with Crippen molar-refractivity contribution in [1.29, 1.82) is 0 Å². The van der Waals surface area contributed by atoms with E-state index < -0.39 is 5.97 Å². The molecule has 4 nitrogen and oxygen atoms in total. The van der Waals surface area contributed by atoms with E-state index in [4.69, 9.17) is 11.0 Å². The van der Waals surface area contributed by atoms with Crippen LogP contribution < -0.4 is 5.90 Å². The summed E-state index contributed by atoms with van der Waals surface area (Å²) in [6.07, 6.45) is 0.714. The molecule has 0 saturated carbocycles. The number of carboxylic acid groups (broad SMARTS) is 1. The fourth-order valence-corrected chi connectivity index (χ4v) is 1.15. The maximum Gasteiger partial charge on any atom is 0.303 e. The second-order valence-electron chi connectivity index (χ2n) is 3.02. The normalized spacial score (nSPS) is 10.1. The van der Waals surface area contributed by atoms with Crippen molar-refractivity contribution < 1.29 is 14.7 Å². The molecule has 1 rings (SSSR count). The van der Waals surface area contributed by atoms with E-state index in [2.05, 4.69) is 4.84 Å². The Bertz CT molecular complexity index is 295. The van der Waals surface area contributed by atoms with E-state index >= 15 is 0 Å². The maximum absolute atomic E-state index is 10.3. The van der Waals surface area contributed by atoms with Crippen molar-refractivity contribution in [1.82, 2.24) is 0 Å². The Hall–Kier alpha value is -1.39. The Morgan fingerprint density at radius 1 is 1.29 bits per heavy atom. The Morgan fingerprint density at radius 3 is 2.36 bits per heavy atom. The van der Waals surface area contributed by atoms with Gasteiger partial charge in [-0.05, 0) is 17.5 Å². The van der Waals surface area contributed by atoms with Crippen molar-refractivity contribution in [2.75, 3.05) is 0 Å². The van der Waals surface area contributed by atoms with E-state index in [1.54, 1.807) is 0 Å². The van der Waals surface area contributed by atoms with Crippen molar-refractivity contribution in [3.63, 3.8) is 0 Å². The molecule has 0 bridgehead atoms. The van der Waals surface area contributed by atoms with Crippen LogP contribution in [-0.4, -0.2) is 11.1 Å². The predicted octanol–water partition coefficient (Wildman–Crippen LogP) is 1.09. The standard InChI is InChI=1S/C10H13NO3/c11-14-7-9-3-1-8(2-4-9)5-6-10(12)13/h1-4H,5-7,11H2,(H,12,13). The summed E-state index contributed by atoms with van der Waals surface area (Å²) in [5.74, 6) is 4.14. The molecular formula is C10H13NO3. The monoisotopic (exact) mass is 195 g/mol. The SMILES string of the molecule is NOCc1ccc(CCC(=O)O)cc1. The Labute approximate surface area is 82.3 Å². The number of aryl methyl sites for hydroxylation is 1. The molecule has 0 aliphatic heterocycles. The molecule has 4 heteroatoms. The lowest BCUT2D eigenvalue weighted by Crippen LogP contribution is -2.00. The van der Waals surface area contributed by atoms with E-state index in [9.17, 15) is 4.79 Å². The number of hydrogen-bond acceptors (Lipinski definition) is 3. The summed E-state index contributed by atoms with van der Waals surface area (Å²) in [5.41, 5.74) is 1.99. The van der Waals surface area contributed by atoms with Gasteiger partial charge < -0.3 is 5.11 Å². The minimum Gasteiger partial charge on any atom is -0.481 e. The summed E-state index contributed by atoms with van der Waals surface area (Å²) in [7, 11) is 0. The van der Waals surface area contributed by atoms with Crippen LogP contribution in [0.1, 0.15) is 17.5 Å². The van der Waals surface area contributed by atoms with Crippen molar-refractivity contribution in [3.05, 3.63) is 35.4 Å². The average Bonchev–Trinajstić information content (AvgIpc) is 2.17. The second kappa shape index (κ2) is 5.36. The van der Waals surface area contributed by atoms with Gasteiger partial charge in [0.1, 0.15) is 0 Å². The van der Waals surface area contributed by atoms with Gasteiger partial charge in [0.05, 0.1) is 6.61 Å². The van der Waals surface area contributed by atoms with Gasteiger partial charge in [-0.2, -0.15) is 0 Å². The molecule has 0 heterocycles. The zero-order valence-electron chi connectivity index (χ0n) is 7.77. The van der Waals surface area contributed by atoms with Crippen molar-refractivity contribution in [2.24, 2.45) is 5.90 Å². The average molecular weight is 195 g/mol. The zero-order chi connectivity index (χ0) is 10.4. The first kappa shape index (κ1) is 10.7. The minimum atomic E-state index is -0.778. The molecule has 0 aliphatic carbocycles. The molecule has 0 amide bonds. The number of hydrogen-bond donors (Lipinski definition) is 2. The molecule has 0 atom stereocenters. The predicted molar refractivity (Wildman–Crippen MR) is 51.4 cm³/mol. The minimum absolute atomic E-state index is 0.159. The number of aliphatic carboxylic acids is 1. The zero-order valence-corrected chi connectivity index (χ0v) is 7.77. The summed E-state index contributed by atoms with van der Waals surface area (Å²) >= 11 is 0. The highest BCUT2D eigenvalue weighted by Crippen LogP contribution is 2.07. The van der Waals surface area contributed by atoms with Crippen LogP contribution in [0.15, 0.2) is 24.3 Å². The van der Waals surface area contributed by atoms with E-state index in [-0.39, 0.29) is 6.42 Å². The van der Waals surface area contributed by atoms with Crippen LogP contribution in [0.3, 0.4) is 0 Å². The van der Waals surface area contributed by atoms with E-state index in [0.29, 0.717) is 13.0 Å². The molecule has 0 unspecified atom stereocenters. The van der Waals surface area contributed by atoms with Gasteiger partial charge in [-0.3, -0.25) is 9.63 Å². The van der Waals surface area contributed by atoms with Gasteiger partial charge in [-0.15, -0.1) is 0 Å². The Kier molecular flexibility index (Phi) is 4.10. The quantitative estimate of drug-likeness (QED) is 0.690. The molecule has 1 aromatic rings. The summed E-state index contributed by atoms with van der Waals surface area (Å²) in [4.78, 5) is 14.8. The molecule has 3 N–H and O–H groups in total. The molecule has 1 aromatic carbocycles. The summed E-state index contributed by atoms with van der Waals surface area (Å²) in [6, 6.07) is 7.53. The van der Waals surface area contributed by atoms with Crippen LogP contribution >= 0.6 is 0 Å². The fraction of sp³-hybridized carbons (Fsp3) is 0.300. The highest BCUT2D eigenvalue weighted by molar-refractivity contribution is 5.67. The third-order valence-corrected chi connectivity index (χ3v) is 1.90. The fourth-order valence-electron chi connectivity index (χ4n) is 1.15. The van der Waals surface area contributed by atoms with Crippen LogP contribution in [-0.2, 0) is 22.7 Å². The van der Waals surface area contributed by atoms with E-state index in [1.165, 1.54) is 0 Å². The molecule has 0 spiro atoms. The number of nitrogens with two attached hydrogens (primary N) is 1. The third-order valence-electron chi connectivity index (χ3n) is 1.90. The van der Waals surface area contributed by atoms with E-state index in [0.717, 1.165) is 11.1 Å². The van der Waals surface area contributed by atoms with E-state index in [1.807, 2.05) is 24.3 Å². The molecule has 0 saturated heterocycles. The van der Waals surface area contributed by atoms with Crippen LogP contribution in [0, 0.1) is 0 Å². The molecule has 14 heavy (non-hydrogen) atoms. The lowest BCUT2D eigenvalue weighted by atomic mass is 10.1. The first-order valence-electron chi connectivity index (χ1n) is 4.33. The number of rotatable bonds is 5. The van der Waals surface area contributed by atoms with Crippen LogP contribution in [0.25, 0.3) is 0 Å². The lowest BCUT2D eigenvalue weighted by molar-refractivity contribution is -0.136. The molecule has 0 fully saturated rings. The first-order valence-corrected chi connectivity index (χ1v) is 4.33. The second-order valence-corrected chi connectivity index (χ2v) is 3.02. The van der Waals surface area contributed by atoms with Gasteiger partial charge in [-0.1, -0.05) is 24.3 Å². The molecule has 76 valence electrons. The van der Waals surface area contributed by atoms with Crippen LogP contribution in [0.5, 0.6) is 0 Å². The number of carbonyl (C=O) groups is 1. The Morgan fingerprint density at radius 2 is 1.86 bits per heavy atom. The van der Waals surface area contributed by atoms with Gasteiger partial charge in [0.25, 0.3) is 0 Å². The van der Waals surface area contributed by atoms with Gasteiger partial charge in [-0.25, -0.2) is 5.90 Å². The van der Waals surface area contributed by atoms with Crippen LogP contribution in [0.2, 0.25) is 0 Å². The van der Waals surface area contributed by atoms with Crippen molar-refractivity contribution in [3.8, 4) is 0 Å². The van der Waals surface area contributed by atoms with Crippen molar-refractivity contribution >= 4 is 5.97 Å². The van der Waals surface area contributed by atoms with Gasteiger partial charge >= 0.3 is 5.97 Å². The third kappa shape index (κ3) is 3.55. The molecule has 0 aliphatic rings. The first-order chi connectivity index (χ1) is 6.72. The maximum atomic E-state index is 10.3. The van der Waals surface area contributed by atoms with Gasteiger partial charge in [0.2, 0.25) is 0 Å². The smallest absolute Gasteiger partial charge is 0.303 e. The molecular weight excluding hydrogens is 182 g/mol. The van der Waals surface area contributed by atoms with Crippen LogP contribution in [0.4, 0.5) is 0 Å². The lowest BCUT2D eigenvalue weighted by Gasteiger charge is -2.01. The van der Waals surface area contributed by atoms with Crippen molar-refractivity contribution in [2.45, 2.75) is 19.4 Å². The molecule has 0 aromatic heterocycles. The Balaban J connectivity index is 2.50. The van der Waals surface area contributed by atoms with Gasteiger partial charge in [0.15, 0.2) is 0 Å². The largest absolute Gasteiger partial charge is 0.481 e. The highest BCUT2D eigenvalue weighted by Gasteiger charge is 1.99. The topological polar surface area (TPSA) is 72.5 Å². The summed E-state index contributed by atoms with van der Waals surface area (Å²) in [5, 5.41) is 8.48. The summed E-state index contributed by atoms with van der Waals surface area (Å²) < 4.78 is 0. The number of carboxylic acids is 1. The molecule has 0 radical (unpaired) electrons. The number of benzene rings is 1.